The highest BCUT2D eigenvalue weighted by Crippen LogP contribution is 2.08. The molecule has 0 unspecified atom stereocenters. The molecule has 0 aromatic carbocycles. The SMILES string of the molecule is CCCCCCC#CCCCCCCCCCO. The van der Waals surface area contributed by atoms with Gasteiger partial charge in [0, 0.05) is 19.4 Å². The zero-order chi connectivity index (χ0) is 13.3. The second-order valence-corrected chi connectivity index (χ2v) is 5.11. The summed E-state index contributed by atoms with van der Waals surface area (Å²) in [5, 5.41) is 8.64. The molecule has 0 aromatic rings. The molecule has 0 aliphatic heterocycles. The molecule has 0 bridgehead atoms. The minimum absolute atomic E-state index is 0.355. The Kier molecular flexibility index (Phi) is 16.1. The highest BCUT2D eigenvalue weighted by atomic mass is 16.2. The molecule has 1 N–H and O–H groups in total. The quantitative estimate of drug-likeness (QED) is 0.379. The molecule has 0 amide bonds. The minimum Gasteiger partial charge on any atom is -0.396 e. The van der Waals surface area contributed by atoms with Crippen molar-refractivity contribution >= 4 is 0 Å². The highest BCUT2D eigenvalue weighted by Gasteiger charge is 1.90. The van der Waals surface area contributed by atoms with Gasteiger partial charge in [0.1, 0.15) is 0 Å². The van der Waals surface area contributed by atoms with Crippen LogP contribution < -0.4 is 0 Å². The van der Waals surface area contributed by atoms with Crippen molar-refractivity contribution < 1.29 is 5.11 Å². The third-order valence-electron chi connectivity index (χ3n) is 3.24. The van der Waals surface area contributed by atoms with Crippen molar-refractivity contribution in [3.05, 3.63) is 0 Å². The molecular formula is C17H32O. The Morgan fingerprint density at radius 1 is 0.611 bits per heavy atom. The zero-order valence-electron chi connectivity index (χ0n) is 12.3. The van der Waals surface area contributed by atoms with Gasteiger partial charge in [0.05, 0.1) is 0 Å². The van der Waals surface area contributed by atoms with Crippen LogP contribution in [0.5, 0.6) is 0 Å². The second-order valence-electron chi connectivity index (χ2n) is 5.11. The van der Waals surface area contributed by atoms with Crippen LogP contribution in [-0.2, 0) is 0 Å². The van der Waals surface area contributed by atoms with E-state index in [-0.39, 0.29) is 0 Å². The Hall–Kier alpha value is -0.480. The summed E-state index contributed by atoms with van der Waals surface area (Å²) in [6, 6.07) is 0. The first-order valence-electron chi connectivity index (χ1n) is 7.98. The molecule has 106 valence electrons. The Bertz CT molecular complexity index is 199. The topological polar surface area (TPSA) is 20.2 Å². The standard InChI is InChI=1S/C17H32O/c1-2-3-4-5-6-7-8-9-10-11-12-13-14-15-16-17-18/h18H,2-6,9-17H2,1H3. The van der Waals surface area contributed by atoms with Crippen molar-refractivity contribution in [1.82, 2.24) is 0 Å². The fourth-order valence-corrected chi connectivity index (χ4v) is 2.03. The van der Waals surface area contributed by atoms with E-state index in [1.807, 2.05) is 0 Å². The predicted octanol–water partition coefficient (Wildman–Crippen LogP) is 5.07. The summed E-state index contributed by atoms with van der Waals surface area (Å²) in [6.45, 7) is 2.60. The molecule has 0 rings (SSSR count). The van der Waals surface area contributed by atoms with Gasteiger partial charge in [0.25, 0.3) is 0 Å². The lowest BCUT2D eigenvalue weighted by atomic mass is 10.1. The average Bonchev–Trinajstić information content (AvgIpc) is 2.39. The van der Waals surface area contributed by atoms with Crippen LogP contribution in [0.2, 0.25) is 0 Å². The van der Waals surface area contributed by atoms with Crippen LogP contribution in [0.4, 0.5) is 0 Å². The molecule has 18 heavy (non-hydrogen) atoms. The molecule has 1 heteroatoms. The van der Waals surface area contributed by atoms with E-state index in [1.54, 1.807) is 0 Å². The normalized spacial score (nSPS) is 10.1. The van der Waals surface area contributed by atoms with Crippen LogP contribution in [-0.4, -0.2) is 11.7 Å². The van der Waals surface area contributed by atoms with E-state index >= 15 is 0 Å². The van der Waals surface area contributed by atoms with E-state index in [0.717, 1.165) is 19.3 Å². The summed E-state index contributed by atoms with van der Waals surface area (Å²) in [7, 11) is 0. The van der Waals surface area contributed by atoms with Gasteiger partial charge in [-0.3, -0.25) is 0 Å². The van der Waals surface area contributed by atoms with E-state index in [0.29, 0.717) is 6.61 Å². The van der Waals surface area contributed by atoms with Crippen LogP contribution in [0, 0.1) is 11.8 Å². The van der Waals surface area contributed by atoms with Gasteiger partial charge in [-0.2, -0.15) is 0 Å². The molecule has 0 aromatic heterocycles. The number of hydrogen-bond donors (Lipinski definition) is 1. The lowest BCUT2D eigenvalue weighted by Crippen LogP contribution is -1.84. The van der Waals surface area contributed by atoms with Gasteiger partial charge in [-0.1, -0.05) is 58.3 Å². The van der Waals surface area contributed by atoms with Gasteiger partial charge < -0.3 is 5.11 Å². The molecule has 0 saturated carbocycles. The molecule has 0 fully saturated rings. The summed E-state index contributed by atoms with van der Waals surface area (Å²) in [6.07, 6.45) is 16.2. The van der Waals surface area contributed by atoms with Crippen molar-refractivity contribution in [2.75, 3.05) is 6.61 Å². The molecule has 0 atom stereocenters. The molecule has 0 heterocycles. The maximum Gasteiger partial charge on any atom is 0.0431 e. The van der Waals surface area contributed by atoms with Crippen LogP contribution >= 0.6 is 0 Å². The molecule has 0 spiro atoms. The van der Waals surface area contributed by atoms with Gasteiger partial charge in [-0.25, -0.2) is 0 Å². The van der Waals surface area contributed by atoms with E-state index in [9.17, 15) is 0 Å². The Morgan fingerprint density at radius 2 is 1.06 bits per heavy atom. The summed E-state index contributed by atoms with van der Waals surface area (Å²) in [5.74, 6) is 6.58. The lowest BCUT2D eigenvalue weighted by molar-refractivity contribution is 0.282. The van der Waals surface area contributed by atoms with Crippen molar-refractivity contribution in [2.45, 2.75) is 90.4 Å². The van der Waals surface area contributed by atoms with Crippen molar-refractivity contribution in [3.8, 4) is 11.8 Å². The summed E-state index contributed by atoms with van der Waals surface area (Å²) < 4.78 is 0. The third kappa shape index (κ3) is 15.5. The molecule has 0 aliphatic rings. The van der Waals surface area contributed by atoms with Crippen LogP contribution in [0.3, 0.4) is 0 Å². The summed E-state index contributed by atoms with van der Waals surface area (Å²) in [5.41, 5.74) is 0. The maximum absolute atomic E-state index is 8.64. The van der Waals surface area contributed by atoms with Crippen molar-refractivity contribution in [1.29, 1.82) is 0 Å². The highest BCUT2D eigenvalue weighted by molar-refractivity contribution is 4.98. The molecule has 0 aliphatic carbocycles. The number of unbranched alkanes of at least 4 members (excludes halogenated alkanes) is 11. The van der Waals surface area contributed by atoms with E-state index in [1.165, 1.54) is 64.2 Å². The predicted molar refractivity (Wildman–Crippen MR) is 80.6 cm³/mol. The Labute approximate surface area is 114 Å². The lowest BCUT2D eigenvalue weighted by Gasteiger charge is -1.99. The largest absolute Gasteiger partial charge is 0.396 e. The average molecular weight is 252 g/mol. The first-order chi connectivity index (χ1) is 8.91. The Balaban J connectivity index is 3.04. The van der Waals surface area contributed by atoms with Crippen molar-refractivity contribution in [2.24, 2.45) is 0 Å². The van der Waals surface area contributed by atoms with Crippen LogP contribution in [0.1, 0.15) is 90.4 Å². The van der Waals surface area contributed by atoms with Crippen LogP contribution in [0.25, 0.3) is 0 Å². The van der Waals surface area contributed by atoms with Gasteiger partial charge in [-0.05, 0) is 19.3 Å². The smallest absolute Gasteiger partial charge is 0.0431 e. The van der Waals surface area contributed by atoms with E-state index in [2.05, 4.69) is 18.8 Å². The van der Waals surface area contributed by atoms with Crippen molar-refractivity contribution in [3.63, 3.8) is 0 Å². The molecule has 0 saturated heterocycles. The monoisotopic (exact) mass is 252 g/mol. The second kappa shape index (κ2) is 16.5. The maximum atomic E-state index is 8.64. The first kappa shape index (κ1) is 17.5. The number of aliphatic hydroxyl groups excluding tert-OH is 1. The van der Waals surface area contributed by atoms with Gasteiger partial charge in [0.2, 0.25) is 0 Å². The first-order valence-corrected chi connectivity index (χ1v) is 7.98. The zero-order valence-corrected chi connectivity index (χ0v) is 12.3. The van der Waals surface area contributed by atoms with Gasteiger partial charge in [0.15, 0.2) is 0 Å². The number of rotatable bonds is 12. The number of hydrogen-bond acceptors (Lipinski definition) is 1. The van der Waals surface area contributed by atoms with Gasteiger partial charge >= 0.3 is 0 Å². The van der Waals surface area contributed by atoms with Gasteiger partial charge in [-0.15, -0.1) is 11.8 Å². The number of aliphatic hydroxyl groups is 1. The van der Waals surface area contributed by atoms with E-state index in [4.69, 9.17) is 5.11 Å². The molecule has 0 radical (unpaired) electrons. The van der Waals surface area contributed by atoms with Crippen LogP contribution in [0.15, 0.2) is 0 Å². The van der Waals surface area contributed by atoms with E-state index < -0.39 is 0 Å². The molecule has 1 nitrogen and oxygen atoms in total. The summed E-state index contributed by atoms with van der Waals surface area (Å²) in [4.78, 5) is 0. The fourth-order valence-electron chi connectivity index (χ4n) is 2.03. The fraction of sp³-hybridized carbons (Fsp3) is 0.882. The Morgan fingerprint density at radius 3 is 1.56 bits per heavy atom. The minimum atomic E-state index is 0.355. The summed E-state index contributed by atoms with van der Waals surface area (Å²) >= 11 is 0. The third-order valence-corrected chi connectivity index (χ3v) is 3.24. The molecular weight excluding hydrogens is 220 g/mol.